The second-order valence-electron chi connectivity index (χ2n) is 4.95. The topological polar surface area (TPSA) is 79.3 Å². The third kappa shape index (κ3) is 4.30. The summed E-state index contributed by atoms with van der Waals surface area (Å²) in [6.45, 7) is 6.05. The first-order chi connectivity index (χ1) is 9.43. The van der Waals surface area contributed by atoms with Gasteiger partial charge in [0, 0.05) is 30.5 Å². The molecule has 1 amide bonds. The average molecular weight is 298 g/mol. The number of amides is 1. The Morgan fingerprint density at radius 1 is 1.40 bits per heavy atom. The predicted octanol–water partition coefficient (Wildman–Crippen LogP) is 2.39. The summed E-state index contributed by atoms with van der Waals surface area (Å²) in [4.78, 5) is 27.5. The van der Waals surface area contributed by atoms with Gasteiger partial charge in [0.05, 0.1) is 10.4 Å². The van der Waals surface area contributed by atoms with Gasteiger partial charge < -0.3 is 10.4 Å². The van der Waals surface area contributed by atoms with Gasteiger partial charge in [-0.1, -0.05) is 13.8 Å². The average Bonchev–Trinajstić information content (AvgIpc) is 2.81. The van der Waals surface area contributed by atoms with Gasteiger partial charge in [-0.3, -0.25) is 9.59 Å². The minimum absolute atomic E-state index is 0.0340. The van der Waals surface area contributed by atoms with Crippen molar-refractivity contribution in [2.75, 3.05) is 6.54 Å². The van der Waals surface area contributed by atoms with Crippen molar-refractivity contribution < 1.29 is 14.7 Å². The molecule has 0 atom stereocenters. The molecule has 0 bridgehead atoms. The molecule has 2 N–H and O–H groups in total. The summed E-state index contributed by atoms with van der Waals surface area (Å²) in [5.74, 6) is -1.10. The van der Waals surface area contributed by atoms with Gasteiger partial charge in [-0.25, -0.2) is 4.98 Å². The van der Waals surface area contributed by atoms with Crippen molar-refractivity contribution in [3.8, 4) is 0 Å². The van der Waals surface area contributed by atoms with E-state index < -0.39 is 11.4 Å². The van der Waals surface area contributed by atoms with Crippen LogP contribution in [-0.4, -0.2) is 28.5 Å². The molecular formula is C14H22N2O3S. The molecule has 0 aliphatic rings. The Labute approximate surface area is 123 Å². The number of carbonyl (C=O) groups is 2. The first kappa shape index (κ1) is 16.6. The van der Waals surface area contributed by atoms with Gasteiger partial charge in [0.25, 0.3) is 0 Å². The minimum Gasteiger partial charge on any atom is -0.481 e. The Balaban J connectivity index is 2.44. The highest BCUT2D eigenvalue weighted by Crippen LogP contribution is 2.30. The van der Waals surface area contributed by atoms with Crippen molar-refractivity contribution in [3.63, 3.8) is 0 Å². The number of hydrogen-bond donors (Lipinski definition) is 2. The van der Waals surface area contributed by atoms with E-state index in [0.29, 0.717) is 25.8 Å². The van der Waals surface area contributed by atoms with Crippen LogP contribution in [0.2, 0.25) is 0 Å². The highest BCUT2D eigenvalue weighted by atomic mass is 32.1. The number of carboxylic acid groups (broad SMARTS) is 1. The molecular weight excluding hydrogens is 276 g/mol. The molecule has 0 fully saturated rings. The second-order valence-corrected chi connectivity index (χ2v) is 5.89. The highest BCUT2D eigenvalue weighted by molar-refractivity contribution is 7.09. The summed E-state index contributed by atoms with van der Waals surface area (Å²) < 4.78 is 0. The predicted molar refractivity (Wildman–Crippen MR) is 78.8 cm³/mol. The normalized spacial score (nSPS) is 11.3. The summed E-state index contributed by atoms with van der Waals surface area (Å²) in [5.41, 5.74) is 0.0418. The number of thiazole rings is 1. The summed E-state index contributed by atoms with van der Waals surface area (Å²) in [5, 5.41) is 15.0. The second kappa shape index (κ2) is 7.38. The van der Waals surface area contributed by atoms with Gasteiger partial charge in [-0.15, -0.1) is 11.3 Å². The lowest BCUT2D eigenvalue weighted by Crippen LogP contribution is -2.37. The van der Waals surface area contributed by atoms with Gasteiger partial charge in [-0.2, -0.15) is 0 Å². The van der Waals surface area contributed by atoms with Crippen LogP contribution in [-0.2, 0) is 16.0 Å². The first-order valence-corrected chi connectivity index (χ1v) is 7.72. The van der Waals surface area contributed by atoms with Crippen molar-refractivity contribution >= 4 is 23.2 Å². The zero-order valence-corrected chi connectivity index (χ0v) is 13.0. The van der Waals surface area contributed by atoms with Crippen LogP contribution in [0.1, 0.15) is 43.8 Å². The molecule has 1 heterocycles. The number of rotatable bonds is 8. The van der Waals surface area contributed by atoms with Gasteiger partial charge in [0.2, 0.25) is 5.91 Å². The third-order valence-electron chi connectivity index (χ3n) is 3.63. The van der Waals surface area contributed by atoms with Crippen LogP contribution >= 0.6 is 11.3 Å². The van der Waals surface area contributed by atoms with Crippen LogP contribution in [0.15, 0.2) is 5.38 Å². The van der Waals surface area contributed by atoms with Gasteiger partial charge in [0.15, 0.2) is 0 Å². The number of carboxylic acids is 1. The van der Waals surface area contributed by atoms with Crippen LogP contribution in [0.3, 0.4) is 0 Å². The fourth-order valence-corrected chi connectivity index (χ4v) is 2.85. The van der Waals surface area contributed by atoms with E-state index in [1.165, 1.54) is 0 Å². The monoisotopic (exact) mass is 298 g/mol. The highest BCUT2D eigenvalue weighted by Gasteiger charge is 2.36. The molecule has 0 aromatic carbocycles. The smallest absolute Gasteiger partial charge is 0.310 e. The number of nitrogens with one attached hydrogen (secondary N) is 1. The Morgan fingerprint density at radius 3 is 2.50 bits per heavy atom. The van der Waals surface area contributed by atoms with Gasteiger partial charge in [0.1, 0.15) is 0 Å². The number of hydrogen-bond acceptors (Lipinski definition) is 4. The Bertz CT molecular complexity index is 467. The van der Waals surface area contributed by atoms with Crippen molar-refractivity contribution in [1.29, 1.82) is 0 Å². The van der Waals surface area contributed by atoms with Crippen LogP contribution in [0.25, 0.3) is 0 Å². The molecule has 6 heteroatoms. The van der Waals surface area contributed by atoms with Crippen molar-refractivity contribution in [2.45, 2.75) is 46.5 Å². The third-order valence-corrected chi connectivity index (χ3v) is 4.66. The van der Waals surface area contributed by atoms with Crippen molar-refractivity contribution in [3.05, 3.63) is 16.1 Å². The van der Waals surface area contributed by atoms with Gasteiger partial charge >= 0.3 is 5.97 Å². The fourth-order valence-electron chi connectivity index (χ4n) is 2.07. The summed E-state index contributed by atoms with van der Waals surface area (Å²) in [6, 6.07) is 0. The number of carbonyl (C=O) groups excluding carboxylic acids is 1. The van der Waals surface area contributed by atoms with Crippen LogP contribution in [0.5, 0.6) is 0 Å². The maximum absolute atomic E-state index is 11.9. The molecule has 1 rings (SSSR count). The number of aliphatic carboxylic acids is 1. The van der Waals surface area contributed by atoms with E-state index in [9.17, 15) is 14.7 Å². The maximum Gasteiger partial charge on any atom is 0.310 e. The molecule has 0 saturated carbocycles. The molecule has 0 aliphatic heterocycles. The molecule has 1 aromatic rings. The Morgan fingerprint density at radius 2 is 2.05 bits per heavy atom. The Hall–Kier alpha value is -1.43. The molecule has 0 radical (unpaired) electrons. The summed E-state index contributed by atoms with van der Waals surface area (Å²) in [7, 11) is 0. The van der Waals surface area contributed by atoms with E-state index in [1.54, 1.807) is 11.3 Å². The molecule has 0 saturated heterocycles. The summed E-state index contributed by atoms with van der Waals surface area (Å²) >= 11 is 1.57. The lowest BCUT2D eigenvalue weighted by molar-refractivity contribution is -0.152. The lowest BCUT2D eigenvalue weighted by atomic mass is 9.79. The minimum atomic E-state index is -0.943. The largest absolute Gasteiger partial charge is 0.481 e. The molecule has 0 unspecified atom stereocenters. The van der Waals surface area contributed by atoms with Crippen LogP contribution < -0.4 is 5.32 Å². The number of nitrogens with zero attached hydrogens (tertiary/aromatic N) is 1. The van der Waals surface area contributed by atoms with E-state index >= 15 is 0 Å². The van der Waals surface area contributed by atoms with Crippen molar-refractivity contribution in [1.82, 2.24) is 10.3 Å². The fraction of sp³-hybridized carbons (Fsp3) is 0.643. The van der Waals surface area contributed by atoms with Crippen LogP contribution in [0.4, 0.5) is 0 Å². The standard InChI is InChI=1S/C14H22N2O3S/c1-4-14(5-2,13(18)19)8-11(17)15-7-6-12-16-10(3)9-20-12/h9H,4-8H2,1-3H3,(H,15,17)(H,18,19). The van der Waals surface area contributed by atoms with E-state index in [0.717, 1.165) is 10.7 Å². The van der Waals surface area contributed by atoms with Crippen LogP contribution in [0, 0.1) is 12.3 Å². The number of aryl methyl sites for hydroxylation is 1. The summed E-state index contributed by atoms with van der Waals surface area (Å²) in [6.07, 6.45) is 1.63. The van der Waals surface area contributed by atoms with Crippen molar-refractivity contribution in [2.24, 2.45) is 5.41 Å². The Kier molecular flexibility index (Phi) is 6.13. The SMILES string of the molecule is CCC(CC)(CC(=O)NCCc1nc(C)cs1)C(=O)O. The molecule has 0 aliphatic carbocycles. The lowest BCUT2D eigenvalue weighted by Gasteiger charge is -2.25. The zero-order valence-electron chi connectivity index (χ0n) is 12.2. The maximum atomic E-state index is 11.9. The quantitative estimate of drug-likeness (QED) is 0.772. The number of aromatic nitrogens is 1. The molecule has 1 aromatic heterocycles. The molecule has 0 spiro atoms. The van der Waals surface area contributed by atoms with E-state index in [-0.39, 0.29) is 12.3 Å². The van der Waals surface area contributed by atoms with E-state index in [2.05, 4.69) is 10.3 Å². The molecule has 112 valence electrons. The van der Waals surface area contributed by atoms with Gasteiger partial charge in [-0.05, 0) is 19.8 Å². The van der Waals surface area contributed by atoms with E-state index in [4.69, 9.17) is 0 Å². The molecule has 5 nitrogen and oxygen atoms in total. The van der Waals surface area contributed by atoms with E-state index in [1.807, 2.05) is 26.2 Å². The zero-order chi connectivity index (χ0) is 15.2. The first-order valence-electron chi connectivity index (χ1n) is 6.84. The molecule has 20 heavy (non-hydrogen) atoms.